The van der Waals surface area contributed by atoms with Crippen molar-refractivity contribution in [1.29, 1.82) is 0 Å². The lowest BCUT2D eigenvalue weighted by Gasteiger charge is -2.32. The van der Waals surface area contributed by atoms with Gasteiger partial charge in [0, 0.05) is 6.54 Å². The summed E-state index contributed by atoms with van der Waals surface area (Å²) in [6.45, 7) is 3.63. The minimum Gasteiger partial charge on any atom is -0.480 e. The molecule has 8 heteroatoms. The quantitative estimate of drug-likeness (QED) is 0.724. The number of aliphatic carboxylic acids is 1. The van der Waals surface area contributed by atoms with Crippen molar-refractivity contribution in [2.45, 2.75) is 38.3 Å². The lowest BCUT2D eigenvalue weighted by atomic mass is 9.98. The molecule has 116 valence electrons. The van der Waals surface area contributed by atoms with Gasteiger partial charge in [0.15, 0.2) is 5.82 Å². The predicted octanol–water partition coefficient (Wildman–Crippen LogP) is -0.106. The number of nitrogens with one attached hydrogen (secondary N) is 1. The van der Waals surface area contributed by atoms with Crippen molar-refractivity contribution in [3.05, 3.63) is 5.82 Å². The Kier molecular flexibility index (Phi) is 4.45. The molecule has 21 heavy (non-hydrogen) atoms. The first kappa shape index (κ1) is 14.4. The summed E-state index contributed by atoms with van der Waals surface area (Å²) in [7, 11) is 0. The molecule has 1 aliphatic heterocycles. The Balaban J connectivity index is 1.49. The Bertz CT molecular complexity index is 487. The van der Waals surface area contributed by atoms with Gasteiger partial charge in [-0.15, -0.1) is 5.10 Å². The molecule has 2 fully saturated rings. The zero-order chi connectivity index (χ0) is 14.7. The summed E-state index contributed by atoms with van der Waals surface area (Å²) in [5.41, 5.74) is 0. The van der Waals surface area contributed by atoms with Gasteiger partial charge in [0.1, 0.15) is 0 Å². The maximum Gasteiger partial charge on any atom is 0.317 e. The van der Waals surface area contributed by atoms with Gasteiger partial charge in [-0.3, -0.25) is 9.69 Å². The van der Waals surface area contributed by atoms with Gasteiger partial charge < -0.3 is 10.4 Å². The second-order valence-electron chi connectivity index (χ2n) is 6.04. The van der Waals surface area contributed by atoms with E-state index in [0.29, 0.717) is 12.0 Å². The number of carboxylic acids is 1. The Labute approximate surface area is 123 Å². The van der Waals surface area contributed by atoms with Crippen molar-refractivity contribution in [2.75, 3.05) is 26.2 Å². The monoisotopic (exact) mass is 294 g/mol. The molecule has 8 nitrogen and oxygen atoms in total. The van der Waals surface area contributed by atoms with Gasteiger partial charge in [-0.05, 0) is 55.1 Å². The molecule has 1 unspecified atom stereocenters. The molecule has 3 rings (SSSR count). The molecule has 1 aliphatic carbocycles. The lowest BCUT2D eigenvalue weighted by molar-refractivity contribution is -0.136. The largest absolute Gasteiger partial charge is 0.480 e. The van der Waals surface area contributed by atoms with E-state index in [-0.39, 0.29) is 6.54 Å². The molecule has 0 bridgehead atoms. The van der Waals surface area contributed by atoms with Crippen LogP contribution in [-0.4, -0.2) is 62.4 Å². The van der Waals surface area contributed by atoms with Crippen molar-refractivity contribution < 1.29 is 9.90 Å². The molecule has 0 aromatic carbocycles. The van der Waals surface area contributed by atoms with E-state index in [1.54, 1.807) is 0 Å². The van der Waals surface area contributed by atoms with Gasteiger partial charge >= 0.3 is 5.97 Å². The van der Waals surface area contributed by atoms with Crippen LogP contribution in [0, 0.1) is 5.92 Å². The van der Waals surface area contributed by atoms with Crippen LogP contribution in [0.2, 0.25) is 0 Å². The molecule has 2 N–H and O–H groups in total. The van der Waals surface area contributed by atoms with Crippen LogP contribution in [0.15, 0.2) is 0 Å². The third-order valence-corrected chi connectivity index (χ3v) is 4.13. The molecule has 1 atom stereocenters. The Morgan fingerprint density at radius 3 is 3.00 bits per heavy atom. The number of carbonyl (C=O) groups is 1. The van der Waals surface area contributed by atoms with Crippen LogP contribution in [0.25, 0.3) is 0 Å². The first-order chi connectivity index (χ1) is 10.2. The summed E-state index contributed by atoms with van der Waals surface area (Å²) in [6.07, 6.45) is 4.65. The normalized spacial score (nSPS) is 23.3. The second kappa shape index (κ2) is 6.48. The Morgan fingerprint density at radius 1 is 1.38 bits per heavy atom. The summed E-state index contributed by atoms with van der Waals surface area (Å²) in [4.78, 5) is 12.9. The standard InChI is InChI=1S/C13H22N6O2/c20-13(21)7-14-6-10-2-1-5-18(8-10)9-12-15-16-17-19(12)11-3-4-11/h10-11,14H,1-9H2,(H,20,21). The third-order valence-electron chi connectivity index (χ3n) is 4.13. The number of likely N-dealkylation sites (tertiary alicyclic amines) is 1. The van der Waals surface area contributed by atoms with Gasteiger partial charge in [0.2, 0.25) is 0 Å². The molecule has 1 saturated carbocycles. The van der Waals surface area contributed by atoms with Gasteiger partial charge in [-0.1, -0.05) is 0 Å². The van der Waals surface area contributed by atoms with E-state index >= 15 is 0 Å². The number of rotatable bonds is 7. The van der Waals surface area contributed by atoms with Crippen LogP contribution < -0.4 is 5.32 Å². The van der Waals surface area contributed by atoms with E-state index in [4.69, 9.17) is 5.11 Å². The predicted molar refractivity (Wildman–Crippen MR) is 74.6 cm³/mol. The molecular formula is C13H22N6O2. The Morgan fingerprint density at radius 2 is 2.24 bits per heavy atom. The molecule has 0 amide bonds. The number of hydrogen-bond donors (Lipinski definition) is 2. The van der Waals surface area contributed by atoms with E-state index in [9.17, 15) is 4.79 Å². The average molecular weight is 294 g/mol. The third kappa shape index (κ3) is 3.98. The molecule has 1 saturated heterocycles. The minimum atomic E-state index is -0.800. The summed E-state index contributed by atoms with van der Waals surface area (Å²) in [5.74, 6) is 0.659. The van der Waals surface area contributed by atoms with Crippen LogP contribution in [0.4, 0.5) is 0 Å². The van der Waals surface area contributed by atoms with Crippen molar-refractivity contribution in [1.82, 2.24) is 30.4 Å². The SMILES string of the molecule is O=C(O)CNCC1CCCN(Cc2nnnn2C2CC2)C1. The fraction of sp³-hybridized carbons (Fsp3) is 0.846. The fourth-order valence-corrected chi connectivity index (χ4v) is 2.96. The number of hydrogen-bond acceptors (Lipinski definition) is 6. The molecule has 1 aromatic heterocycles. The van der Waals surface area contributed by atoms with Gasteiger partial charge in [-0.25, -0.2) is 4.68 Å². The maximum atomic E-state index is 10.5. The van der Waals surface area contributed by atoms with Crippen molar-refractivity contribution in [3.8, 4) is 0 Å². The zero-order valence-corrected chi connectivity index (χ0v) is 12.1. The zero-order valence-electron chi connectivity index (χ0n) is 12.1. The smallest absolute Gasteiger partial charge is 0.317 e. The Hall–Kier alpha value is -1.54. The van der Waals surface area contributed by atoms with Crippen LogP contribution in [0.1, 0.15) is 37.5 Å². The van der Waals surface area contributed by atoms with E-state index < -0.39 is 5.97 Å². The van der Waals surface area contributed by atoms with Gasteiger partial charge in [0.05, 0.1) is 19.1 Å². The summed E-state index contributed by atoms with van der Waals surface area (Å²) in [6, 6.07) is 0.507. The van der Waals surface area contributed by atoms with Gasteiger partial charge in [0.25, 0.3) is 0 Å². The number of carboxylic acid groups (broad SMARTS) is 1. The fourth-order valence-electron chi connectivity index (χ4n) is 2.96. The average Bonchev–Trinajstić information content (AvgIpc) is 3.20. The number of nitrogens with zero attached hydrogens (tertiary/aromatic N) is 5. The van der Waals surface area contributed by atoms with E-state index in [2.05, 4.69) is 25.7 Å². The summed E-state index contributed by atoms with van der Waals surface area (Å²) in [5, 5.41) is 23.7. The summed E-state index contributed by atoms with van der Waals surface area (Å²) >= 11 is 0. The van der Waals surface area contributed by atoms with Crippen LogP contribution in [0.5, 0.6) is 0 Å². The van der Waals surface area contributed by atoms with Crippen molar-refractivity contribution >= 4 is 5.97 Å². The van der Waals surface area contributed by atoms with Crippen LogP contribution in [-0.2, 0) is 11.3 Å². The molecular weight excluding hydrogens is 272 g/mol. The van der Waals surface area contributed by atoms with Crippen molar-refractivity contribution in [2.24, 2.45) is 5.92 Å². The highest BCUT2D eigenvalue weighted by molar-refractivity contribution is 5.68. The summed E-state index contributed by atoms with van der Waals surface area (Å²) < 4.78 is 1.96. The maximum absolute atomic E-state index is 10.5. The number of tetrazole rings is 1. The van der Waals surface area contributed by atoms with E-state index in [0.717, 1.165) is 44.8 Å². The van der Waals surface area contributed by atoms with Crippen LogP contribution in [0.3, 0.4) is 0 Å². The van der Waals surface area contributed by atoms with Crippen molar-refractivity contribution in [3.63, 3.8) is 0 Å². The first-order valence-corrected chi connectivity index (χ1v) is 7.64. The van der Waals surface area contributed by atoms with Gasteiger partial charge in [-0.2, -0.15) is 0 Å². The molecule has 0 spiro atoms. The highest BCUT2D eigenvalue weighted by atomic mass is 16.4. The minimum absolute atomic E-state index is 0.0381. The molecule has 2 heterocycles. The van der Waals surface area contributed by atoms with E-state index in [1.165, 1.54) is 12.8 Å². The molecule has 0 radical (unpaired) electrons. The topological polar surface area (TPSA) is 96.2 Å². The molecule has 1 aromatic rings. The highest BCUT2D eigenvalue weighted by Crippen LogP contribution is 2.34. The van der Waals surface area contributed by atoms with E-state index in [1.807, 2.05) is 4.68 Å². The highest BCUT2D eigenvalue weighted by Gasteiger charge is 2.29. The second-order valence-corrected chi connectivity index (χ2v) is 6.04. The first-order valence-electron chi connectivity index (χ1n) is 7.64. The number of piperidine rings is 1. The molecule has 2 aliphatic rings. The number of aromatic nitrogens is 4. The lowest BCUT2D eigenvalue weighted by Crippen LogP contribution is -2.40. The van der Waals surface area contributed by atoms with Crippen LogP contribution >= 0.6 is 0 Å².